The van der Waals surface area contributed by atoms with Gasteiger partial charge in [-0.15, -0.1) is 0 Å². The zero-order valence-electron chi connectivity index (χ0n) is 37.2. The molecule has 0 fully saturated rings. The first-order chi connectivity index (χ1) is 34.2. The summed E-state index contributed by atoms with van der Waals surface area (Å²) in [6, 6.07) is 83.3. The van der Waals surface area contributed by atoms with Crippen LogP contribution < -0.4 is 0 Å². The van der Waals surface area contributed by atoms with Crippen molar-refractivity contribution in [2.45, 2.75) is 0 Å². The van der Waals surface area contributed by atoms with Gasteiger partial charge in [0, 0.05) is 49.1 Å². The van der Waals surface area contributed by atoms with Crippen LogP contribution in [0.4, 0.5) is 0 Å². The Morgan fingerprint density at radius 1 is 0.304 bits per heavy atom. The Kier molecular flexibility index (Phi) is 8.79. The van der Waals surface area contributed by atoms with Gasteiger partial charge in [-0.25, -0.2) is 4.98 Å². The molecule has 0 aliphatic rings. The summed E-state index contributed by atoms with van der Waals surface area (Å²) in [5.74, 6) is 1.63. The Balaban J connectivity index is 1.04. The van der Waals surface area contributed by atoms with Crippen molar-refractivity contribution in [3.05, 3.63) is 237 Å². The topological polar surface area (TPSA) is 61.7 Å². The summed E-state index contributed by atoms with van der Waals surface area (Å²) in [5, 5.41) is 6.64. The minimum Gasteiger partial charge on any atom is -0.456 e. The van der Waals surface area contributed by atoms with E-state index in [1.165, 1.54) is 10.9 Å². The second-order valence-corrected chi connectivity index (χ2v) is 17.6. The normalized spacial score (nSPS) is 11.8. The molecule has 322 valence electrons. The summed E-state index contributed by atoms with van der Waals surface area (Å²) in [7, 11) is 0. The second kappa shape index (κ2) is 15.6. The van der Waals surface area contributed by atoms with E-state index in [0.717, 1.165) is 105 Å². The van der Waals surface area contributed by atoms with Crippen LogP contribution in [0.15, 0.2) is 241 Å². The number of para-hydroxylation sites is 2. The summed E-state index contributed by atoms with van der Waals surface area (Å²) < 4.78 is 11.3. The van der Waals surface area contributed by atoms with Gasteiger partial charge in [0.05, 0.1) is 22.1 Å². The van der Waals surface area contributed by atoms with Crippen molar-refractivity contribution in [3.63, 3.8) is 0 Å². The van der Waals surface area contributed by atoms with E-state index in [1.54, 1.807) is 0 Å². The quantitative estimate of drug-likeness (QED) is 0.160. The van der Waals surface area contributed by atoms with Crippen LogP contribution in [-0.4, -0.2) is 24.1 Å². The Labute approximate surface area is 396 Å². The van der Waals surface area contributed by atoms with Crippen molar-refractivity contribution in [1.29, 1.82) is 0 Å². The van der Waals surface area contributed by atoms with E-state index in [4.69, 9.17) is 19.4 Å². The number of hydrogen-bond acceptors (Lipinski definition) is 4. The fourth-order valence-corrected chi connectivity index (χ4v) is 10.4. The molecular weight excluding hydrogens is 843 g/mol. The van der Waals surface area contributed by atoms with Gasteiger partial charge in [-0.3, -0.25) is 4.57 Å². The Bertz CT molecular complexity index is 4280. The molecule has 0 aliphatic carbocycles. The van der Waals surface area contributed by atoms with E-state index >= 15 is 0 Å². The number of hydrogen-bond donors (Lipinski definition) is 0. The molecule has 69 heavy (non-hydrogen) atoms. The number of nitrogens with zero attached hydrogens (tertiary/aromatic N) is 5. The van der Waals surface area contributed by atoms with Gasteiger partial charge in [0.15, 0.2) is 11.6 Å². The zero-order valence-corrected chi connectivity index (χ0v) is 37.2. The molecule has 0 atom stereocenters. The van der Waals surface area contributed by atoms with E-state index in [0.29, 0.717) is 17.6 Å². The predicted molar refractivity (Wildman–Crippen MR) is 283 cm³/mol. The highest BCUT2D eigenvalue weighted by Crippen LogP contribution is 2.43. The van der Waals surface area contributed by atoms with Crippen LogP contribution in [0.1, 0.15) is 0 Å². The van der Waals surface area contributed by atoms with Crippen molar-refractivity contribution in [2.24, 2.45) is 0 Å². The summed E-state index contributed by atoms with van der Waals surface area (Å²) in [6.07, 6.45) is 0. The molecule has 14 aromatic rings. The standard InChI is InChI=1S/C63H39N5O/c1-4-16-40(17-5-1)42-30-32-44(33-31-42)61-64-62(46-34-35-53-57(39-46)69-56-29-15-26-48(58(53)56)43-20-8-3-9-21-43)66-63(65-61)68-55-28-13-11-25-50(55)52-37-36-51-49-24-10-12-27-54(49)67(59(51)60(52)68)47-23-14-22-45(38-47)41-18-6-2-7-19-41/h1-39H. The van der Waals surface area contributed by atoms with E-state index in [9.17, 15) is 0 Å². The SMILES string of the molecule is c1ccc(-c2ccc(-c3nc(-c4ccc5c(c4)oc4cccc(-c6ccccc6)c45)nc(-n4c5ccccc5c5ccc6c7ccccc7n(-c7cccc(-c8ccccc8)c7)c6c54)n3)cc2)cc1. The summed E-state index contributed by atoms with van der Waals surface area (Å²) >= 11 is 0. The smallest absolute Gasteiger partial charge is 0.238 e. The summed E-state index contributed by atoms with van der Waals surface area (Å²) in [4.78, 5) is 16.2. The van der Waals surface area contributed by atoms with E-state index in [1.807, 2.05) is 18.2 Å². The van der Waals surface area contributed by atoms with Crippen molar-refractivity contribution in [3.8, 4) is 67.8 Å². The first kappa shape index (κ1) is 38.8. The lowest BCUT2D eigenvalue weighted by atomic mass is 9.99. The molecule has 0 amide bonds. The molecule has 4 heterocycles. The molecule has 0 N–H and O–H groups in total. The predicted octanol–water partition coefficient (Wildman–Crippen LogP) is 16.3. The number of aromatic nitrogens is 5. The molecular formula is C63H39N5O. The van der Waals surface area contributed by atoms with Gasteiger partial charge in [0.2, 0.25) is 5.95 Å². The first-order valence-corrected chi connectivity index (χ1v) is 23.3. The highest BCUT2D eigenvalue weighted by atomic mass is 16.3. The van der Waals surface area contributed by atoms with E-state index in [-0.39, 0.29) is 0 Å². The number of benzene rings is 10. The number of fused-ring (bicyclic) bond motifs is 10. The Morgan fingerprint density at radius 3 is 1.51 bits per heavy atom. The molecule has 6 heteroatoms. The highest BCUT2D eigenvalue weighted by molar-refractivity contribution is 6.24. The highest BCUT2D eigenvalue weighted by Gasteiger charge is 2.24. The molecule has 0 spiro atoms. The lowest BCUT2D eigenvalue weighted by Crippen LogP contribution is -2.07. The molecule has 0 aliphatic heterocycles. The molecule has 0 saturated heterocycles. The zero-order chi connectivity index (χ0) is 45.4. The van der Waals surface area contributed by atoms with Gasteiger partial charge in [0.25, 0.3) is 0 Å². The average molecular weight is 882 g/mol. The minimum atomic E-state index is 0.520. The van der Waals surface area contributed by atoms with Gasteiger partial charge >= 0.3 is 0 Å². The van der Waals surface area contributed by atoms with Crippen LogP contribution in [0.2, 0.25) is 0 Å². The van der Waals surface area contributed by atoms with Crippen LogP contribution in [-0.2, 0) is 0 Å². The molecule has 0 bridgehead atoms. The molecule has 4 aromatic heterocycles. The monoisotopic (exact) mass is 881 g/mol. The van der Waals surface area contributed by atoms with Crippen LogP contribution in [0, 0.1) is 0 Å². The van der Waals surface area contributed by atoms with Gasteiger partial charge < -0.3 is 8.98 Å². The van der Waals surface area contributed by atoms with Crippen LogP contribution in [0.25, 0.3) is 133 Å². The van der Waals surface area contributed by atoms with Gasteiger partial charge in [-0.2, -0.15) is 9.97 Å². The minimum absolute atomic E-state index is 0.520. The average Bonchev–Trinajstić information content (AvgIpc) is 4.09. The fourth-order valence-electron chi connectivity index (χ4n) is 10.4. The number of rotatable bonds is 7. The molecule has 0 radical (unpaired) electrons. The lowest BCUT2D eigenvalue weighted by Gasteiger charge is -2.14. The van der Waals surface area contributed by atoms with Crippen molar-refractivity contribution < 1.29 is 4.42 Å². The Morgan fingerprint density at radius 2 is 0.812 bits per heavy atom. The van der Waals surface area contributed by atoms with Crippen molar-refractivity contribution in [2.75, 3.05) is 0 Å². The third-order valence-corrected chi connectivity index (χ3v) is 13.6. The molecule has 14 rings (SSSR count). The third kappa shape index (κ3) is 6.30. The van der Waals surface area contributed by atoms with E-state index < -0.39 is 0 Å². The van der Waals surface area contributed by atoms with E-state index in [2.05, 4.69) is 228 Å². The summed E-state index contributed by atoms with van der Waals surface area (Å²) in [5.41, 5.74) is 15.4. The molecule has 10 aromatic carbocycles. The summed E-state index contributed by atoms with van der Waals surface area (Å²) in [6.45, 7) is 0. The van der Waals surface area contributed by atoms with Crippen LogP contribution in [0.3, 0.4) is 0 Å². The van der Waals surface area contributed by atoms with Crippen LogP contribution >= 0.6 is 0 Å². The van der Waals surface area contributed by atoms with Crippen LogP contribution in [0.5, 0.6) is 0 Å². The molecule has 0 unspecified atom stereocenters. The van der Waals surface area contributed by atoms with Gasteiger partial charge in [-0.1, -0.05) is 194 Å². The molecule has 0 saturated carbocycles. The maximum Gasteiger partial charge on any atom is 0.238 e. The van der Waals surface area contributed by atoms with Gasteiger partial charge in [-0.05, 0) is 75.8 Å². The maximum absolute atomic E-state index is 6.65. The number of furan rings is 1. The fraction of sp³-hybridized carbons (Fsp3) is 0. The molecule has 6 nitrogen and oxygen atoms in total. The second-order valence-electron chi connectivity index (χ2n) is 17.6. The van der Waals surface area contributed by atoms with Crippen molar-refractivity contribution in [1.82, 2.24) is 24.1 Å². The van der Waals surface area contributed by atoms with Gasteiger partial charge in [0.1, 0.15) is 11.2 Å². The Hall–Kier alpha value is -9.39. The lowest BCUT2D eigenvalue weighted by molar-refractivity contribution is 0.669. The first-order valence-electron chi connectivity index (χ1n) is 23.3. The van der Waals surface area contributed by atoms with Crippen molar-refractivity contribution >= 4 is 65.6 Å². The third-order valence-electron chi connectivity index (χ3n) is 13.6. The maximum atomic E-state index is 6.65. The largest absolute Gasteiger partial charge is 0.456 e.